The van der Waals surface area contributed by atoms with Crippen molar-refractivity contribution in [3.05, 3.63) is 20.8 Å². The van der Waals surface area contributed by atoms with E-state index in [9.17, 15) is 0 Å². The molecule has 0 radical (unpaired) electrons. The van der Waals surface area contributed by atoms with E-state index in [0.717, 1.165) is 48.4 Å². The van der Waals surface area contributed by atoms with Gasteiger partial charge in [0.25, 0.3) is 0 Å². The van der Waals surface area contributed by atoms with Crippen molar-refractivity contribution in [2.24, 2.45) is 10.9 Å². The molecule has 1 aromatic heterocycles. The molecule has 1 fully saturated rings. The zero-order chi connectivity index (χ0) is 14.2. The maximum atomic E-state index is 5.60. The van der Waals surface area contributed by atoms with Gasteiger partial charge in [0.05, 0.1) is 10.3 Å². The van der Waals surface area contributed by atoms with Crippen LogP contribution in [0.25, 0.3) is 0 Å². The highest BCUT2D eigenvalue weighted by Crippen LogP contribution is 2.28. The Morgan fingerprint density at radius 1 is 1.45 bits per heavy atom. The molecule has 0 amide bonds. The number of hydrogen-bond donors (Lipinski definition) is 2. The maximum absolute atomic E-state index is 5.60. The van der Waals surface area contributed by atoms with Crippen LogP contribution < -0.4 is 10.6 Å². The van der Waals surface area contributed by atoms with Gasteiger partial charge >= 0.3 is 0 Å². The van der Waals surface area contributed by atoms with Crippen LogP contribution in [0, 0.1) is 5.92 Å². The summed E-state index contributed by atoms with van der Waals surface area (Å²) in [5.74, 6) is 1.69. The average molecular weight is 360 g/mol. The first-order chi connectivity index (χ1) is 9.78. The standard InChI is InChI=1S/C14H22BrN3OS/c1-16-14(18-9-12-5-6-13(15)20-12)17-7-2-8-19-10-11-3-4-11/h5-6,11H,2-4,7-10H2,1H3,(H2,16,17,18). The third-order valence-electron chi connectivity index (χ3n) is 3.09. The number of nitrogens with one attached hydrogen (secondary N) is 2. The van der Waals surface area contributed by atoms with E-state index in [4.69, 9.17) is 4.74 Å². The Labute approximate surface area is 133 Å². The Morgan fingerprint density at radius 2 is 2.30 bits per heavy atom. The molecular weight excluding hydrogens is 338 g/mol. The van der Waals surface area contributed by atoms with E-state index >= 15 is 0 Å². The molecule has 1 aliphatic carbocycles. The molecule has 0 aromatic carbocycles. The summed E-state index contributed by atoms with van der Waals surface area (Å²) in [7, 11) is 1.79. The van der Waals surface area contributed by atoms with Gasteiger partial charge in [-0.2, -0.15) is 0 Å². The van der Waals surface area contributed by atoms with Crippen molar-refractivity contribution < 1.29 is 4.74 Å². The molecule has 1 aromatic rings. The Bertz CT molecular complexity index is 432. The zero-order valence-electron chi connectivity index (χ0n) is 11.8. The summed E-state index contributed by atoms with van der Waals surface area (Å²) in [5.41, 5.74) is 0. The minimum Gasteiger partial charge on any atom is -0.381 e. The molecule has 4 nitrogen and oxygen atoms in total. The first-order valence-electron chi connectivity index (χ1n) is 7.04. The van der Waals surface area contributed by atoms with Crippen molar-refractivity contribution in [1.82, 2.24) is 10.6 Å². The first-order valence-corrected chi connectivity index (χ1v) is 8.65. The molecule has 0 bridgehead atoms. The van der Waals surface area contributed by atoms with Crippen molar-refractivity contribution in [1.29, 1.82) is 0 Å². The van der Waals surface area contributed by atoms with Crippen LogP contribution in [0.5, 0.6) is 0 Å². The molecule has 6 heteroatoms. The van der Waals surface area contributed by atoms with E-state index in [1.54, 1.807) is 18.4 Å². The van der Waals surface area contributed by atoms with Crippen molar-refractivity contribution in [2.45, 2.75) is 25.8 Å². The fourth-order valence-corrected chi connectivity index (χ4v) is 3.18. The summed E-state index contributed by atoms with van der Waals surface area (Å²) < 4.78 is 6.76. The van der Waals surface area contributed by atoms with Crippen LogP contribution in [0.1, 0.15) is 24.1 Å². The fourth-order valence-electron chi connectivity index (χ4n) is 1.75. The van der Waals surface area contributed by atoms with Gasteiger partial charge < -0.3 is 15.4 Å². The summed E-state index contributed by atoms with van der Waals surface area (Å²) in [6, 6.07) is 4.18. The number of ether oxygens (including phenoxy) is 1. The summed E-state index contributed by atoms with van der Waals surface area (Å²) in [4.78, 5) is 5.50. The van der Waals surface area contributed by atoms with Gasteiger partial charge in [-0.3, -0.25) is 4.99 Å². The molecule has 1 heterocycles. The van der Waals surface area contributed by atoms with Gasteiger partial charge in [-0.15, -0.1) is 11.3 Å². The van der Waals surface area contributed by atoms with E-state index in [1.807, 2.05) is 0 Å². The Morgan fingerprint density at radius 3 is 2.95 bits per heavy atom. The van der Waals surface area contributed by atoms with Crippen molar-refractivity contribution >= 4 is 33.2 Å². The third-order valence-corrected chi connectivity index (χ3v) is 4.71. The second-order valence-corrected chi connectivity index (χ2v) is 7.48. The summed E-state index contributed by atoms with van der Waals surface area (Å²) in [6.07, 6.45) is 3.72. The number of guanidine groups is 1. The summed E-state index contributed by atoms with van der Waals surface area (Å²) >= 11 is 5.20. The van der Waals surface area contributed by atoms with E-state index in [1.165, 1.54) is 17.7 Å². The Kier molecular flexibility index (Phi) is 6.82. The minimum absolute atomic E-state index is 0.800. The van der Waals surface area contributed by atoms with Crippen LogP contribution >= 0.6 is 27.3 Å². The lowest BCUT2D eigenvalue weighted by Gasteiger charge is -2.11. The largest absolute Gasteiger partial charge is 0.381 e. The molecule has 2 rings (SSSR count). The topological polar surface area (TPSA) is 45.7 Å². The predicted octanol–water partition coefficient (Wildman–Crippen LogP) is 2.99. The second kappa shape index (κ2) is 8.64. The minimum atomic E-state index is 0.800. The molecule has 1 saturated carbocycles. The van der Waals surface area contributed by atoms with E-state index in [0.29, 0.717) is 0 Å². The zero-order valence-corrected chi connectivity index (χ0v) is 14.2. The quantitative estimate of drug-likeness (QED) is 0.426. The molecular formula is C14H22BrN3OS. The third kappa shape index (κ3) is 6.24. The molecule has 0 aliphatic heterocycles. The molecule has 20 heavy (non-hydrogen) atoms. The number of nitrogens with zero attached hydrogens (tertiary/aromatic N) is 1. The number of hydrogen-bond acceptors (Lipinski definition) is 3. The molecule has 2 N–H and O–H groups in total. The van der Waals surface area contributed by atoms with Crippen LogP contribution in [0.2, 0.25) is 0 Å². The molecule has 0 unspecified atom stereocenters. The highest BCUT2D eigenvalue weighted by molar-refractivity contribution is 9.11. The normalized spacial score (nSPS) is 15.4. The predicted molar refractivity (Wildman–Crippen MR) is 88.4 cm³/mol. The lowest BCUT2D eigenvalue weighted by Crippen LogP contribution is -2.37. The SMILES string of the molecule is CN=C(NCCCOCC1CC1)NCc1ccc(Br)s1. The molecule has 0 saturated heterocycles. The number of thiophene rings is 1. The van der Waals surface area contributed by atoms with Gasteiger partial charge in [0.15, 0.2) is 5.96 Å². The Hall–Kier alpha value is -0.590. The smallest absolute Gasteiger partial charge is 0.191 e. The van der Waals surface area contributed by atoms with Crippen LogP contribution in [-0.4, -0.2) is 32.8 Å². The number of rotatable bonds is 8. The van der Waals surface area contributed by atoms with Gasteiger partial charge in [-0.25, -0.2) is 0 Å². The lowest BCUT2D eigenvalue weighted by atomic mass is 10.4. The van der Waals surface area contributed by atoms with Crippen molar-refractivity contribution in [2.75, 3.05) is 26.8 Å². The fraction of sp³-hybridized carbons (Fsp3) is 0.643. The van der Waals surface area contributed by atoms with Crippen LogP contribution in [0.15, 0.2) is 20.9 Å². The molecule has 112 valence electrons. The van der Waals surface area contributed by atoms with Crippen molar-refractivity contribution in [3.63, 3.8) is 0 Å². The molecule has 1 aliphatic rings. The summed E-state index contributed by atoms with van der Waals surface area (Å²) in [6.45, 7) is 3.46. The highest BCUT2D eigenvalue weighted by atomic mass is 79.9. The molecule has 0 atom stereocenters. The first kappa shape index (κ1) is 15.8. The number of halogens is 1. The second-order valence-electron chi connectivity index (χ2n) is 4.93. The average Bonchev–Trinajstić information content (AvgIpc) is 3.18. The van der Waals surface area contributed by atoms with Crippen molar-refractivity contribution in [3.8, 4) is 0 Å². The summed E-state index contributed by atoms with van der Waals surface area (Å²) in [5, 5.41) is 6.61. The van der Waals surface area contributed by atoms with Gasteiger partial charge in [0.2, 0.25) is 0 Å². The maximum Gasteiger partial charge on any atom is 0.191 e. The highest BCUT2D eigenvalue weighted by Gasteiger charge is 2.20. The van der Waals surface area contributed by atoms with Gasteiger partial charge in [0.1, 0.15) is 0 Å². The Balaban J connectivity index is 1.52. The van der Waals surface area contributed by atoms with Gasteiger partial charge in [0, 0.05) is 31.7 Å². The van der Waals surface area contributed by atoms with Crippen LogP contribution in [0.4, 0.5) is 0 Å². The van der Waals surface area contributed by atoms with Crippen LogP contribution in [0.3, 0.4) is 0 Å². The number of aliphatic imine (C=N–C) groups is 1. The van der Waals surface area contributed by atoms with E-state index < -0.39 is 0 Å². The van der Waals surface area contributed by atoms with Gasteiger partial charge in [-0.05, 0) is 53.2 Å². The molecule has 0 spiro atoms. The van der Waals surface area contributed by atoms with E-state index in [2.05, 4.69) is 43.7 Å². The van der Waals surface area contributed by atoms with E-state index in [-0.39, 0.29) is 0 Å². The lowest BCUT2D eigenvalue weighted by molar-refractivity contribution is 0.123. The van der Waals surface area contributed by atoms with Gasteiger partial charge in [-0.1, -0.05) is 0 Å². The monoisotopic (exact) mass is 359 g/mol. The van der Waals surface area contributed by atoms with Crippen LogP contribution in [-0.2, 0) is 11.3 Å².